The van der Waals surface area contributed by atoms with Crippen molar-refractivity contribution in [2.45, 2.75) is 115 Å². The fourth-order valence-corrected chi connectivity index (χ4v) is 9.59. The number of alkyl halides is 2. The number of likely N-dealkylation sites (tertiary alicyclic amines) is 1. The Morgan fingerprint density at radius 2 is 1.76 bits per heavy atom. The van der Waals surface area contributed by atoms with Crippen LogP contribution in [0.15, 0.2) is 58.2 Å². The van der Waals surface area contributed by atoms with Gasteiger partial charge in [-0.25, -0.2) is 18.6 Å². The number of nitrogens with one attached hydrogen (secondary N) is 2. The number of aromatic nitrogens is 6. The second-order valence-corrected chi connectivity index (χ2v) is 17.9. The van der Waals surface area contributed by atoms with E-state index in [1.807, 2.05) is 24.3 Å². The molecule has 4 fully saturated rings. The molecule has 2 aliphatic carbocycles. The van der Waals surface area contributed by atoms with Crippen LogP contribution in [-0.4, -0.2) is 83.8 Å². The van der Waals surface area contributed by atoms with Crippen LogP contribution >= 0.6 is 0 Å². The lowest BCUT2D eigenvalue weighted by Gasteiger charge is -2.36. The highest BCUT2D eigenvalue weighted by Gasteiger charge is 2.32. The topological polar surface area (TPSA) is 171 Å². The maximum absolute atomic E-state index is 14.2. The Bertz CT molecular complexity index is 2510. The van der Waals surface area contributed by atoms with Gasteiger partial charge >= 0.3 is 5.69 Å². The van der Waals surface area contributed by atoms with Crippen LogP contribution in [0.5, 0.6) is 0 Å². The maximum atomic E-state index is 14.2. The number of imidazole rings is 1. The second kappa shape index (κ2) is 18.7. The fraction of sp³-hybridized carbons (Fsp3) is 0.543. The van der Waals surface area contributed by atoms with Crippen molar-refractivity contribution in [3.8, 4) is 11.5 Å². The molecule has 2 saturated carbocycles. The zero-order valence-electron chi connectivity index (χ0n) is 35.6. The van der Waals surface area contributed by atoms with Crippen molar-refractivity contribution in [2.75, 3.05) is 31.6 Å². The van der Waals surface area contributed by atoms with Gasteiger partial charge in [0.05, 0.1) is 28.9 Å². The smallest absolute Gasteiger partial charge is 0.329 e. The highest BCUT2D eigenvalue weighted by Crippen LogP contribution is 2.36. The highest BCUT2D eigenvalue weighted by molar-refractivity contribution is 6.03. The molecule has 1 unspecified atom stereocenters. The minimum Gasteiger partial charge on any atom is -0.444 e. The zero-order chi connectivity index (χ0) is 43.6. The quantitative estimate of drug-likeness (QED) is 0.0782. The molecule has 63 heavy (non-hydrogen) atoms. The number of pyridine rings is 1. The monoisotopic (exact) mass is 867 g/mol. The zero-order valence-corrected chi connectivity index (χ0v) is 35.6. The maximum Gasteiger partial charge on any atom is 0.329 e. The molecule has 3 amide bonds. The fourth-order valence-electron chi connectivity index (χ4n) is 9.59. The van der Waals surface area contributed by atoms with Crippen LogP contribution in [0.1, 0.15) is 123 Å². The number of fused-ring (bicyclic) bond motifs is 1. The van der Waals surface area contributed by atoms with E-state index in [4.69, 9.17) is 9.15 Å². The summed E-state index contributed by atoms with van der Waals surface area (Å²) in [4.78, 5) is 61.8. The van der Waals surface area contributed by atoms with Crippen molar-refractivity contribution >= 4 is 34.4 Å². The molecule has 15 nitrogen and oxygen atoms in total. The summed E-state index contributed by atoms with van der Waals surface area (Å²) in [5.41, 5.74) is 3.42. The molecular formula is C46H55F2N9O6. The Hall–Kier alpha value is -5.55. The third-order valence-corrected chi connectivity index (χ3v) is 13.4. The summed E-state index contributed by atoms with van der Waals surface area (Å²) >= 11 is 0. The Morgan fingerprint density at radius 1 is 0.968 bits per heavy atom. The van der Waals surface area contributed by atoms with Crippen LogP contribution in [-0.2, 0) is 34.2 Å². The van der Waals surface area contributed by atoms with E-state index in [-0.39, 0.29) is 47.4 Å². The summed E-state index contributed by atoms with van der Waals surface area (Å²) in [5.74, 6) is 0.173. The first-order valence-electron chi connectivity index (χ1n) is 22.5. The number of imide groups is 1. The second-order valence-electron chi connectivity index (χ2n) is 17.9. The molecule has 4 aliphatic rings. The molecule has 0 spiro atoms. The van der Waals surface area contributed by atoms with Crippen LogP contribution in [0.3, 0.4) is 0 Å². The third-order valence-electron chi connectivity index (χ3n) is 13.4. The molecule has 2 saturated heterocycles. The van der Waals surface area contributed by atoms with Gasteiger partial charge in [-0.3, -0.25) is 38.5 Å². The van der Waals surface area contributed by atoms with Crippen molar-refractivity contribution < 1.29 is 32.3 Å². The van der Waals surface area contributed by atoms with E-state index in [1.54, 1.807) is 28.6 Å². The number of piperidine rings is 2. The SMILES string of the molecule is Cn1c(=O)n(C2CCC(=O)NC2=O)c2ccc(CCCOC3CCN(CC4CCC(n5cc(NC(=O)c6coc(-c7ccnc(CCC8CC8)c7)n6)c(C(F)F)n5)CC4)CC3)cc21. The minimum absolute atomic E-state index is 0.00569. The number of hydrogen-bond donors (Lipinski definition) is 2. The average molecular weight is 868 g/mol. The van der Waals surface area contributed by atoms with Gasteiger partial charge in [0, 0.05) is 63.4 Å². The van der Waals surface area contributed by atoms with Gasteiger partial charge in [-0.05, 0) is 112 Å². The average Bonchev–Trinajstić information content (AvgIpc) is 3.70. The number of hydrogen-bond acceptors (Lipinski definition) is 10. The molecule has 9 rings (SSSR count). The lowest BCUT2D eigenvalue weighted by molar-refractivity contribution is -0.135. The number of rotatable bonds is 16. The van der Waals surface area contributed by atoms with Gasteiger partial charge in [0.15, 0.2) is 11.4 Å². The summed E-state index contributed by atoms with van der Waals surface area (Å²) in [6.45, 7) is 3.58. The van der Waals surface area contributed by atoms with Gasteiger partial charge in [0.1, 0.15) is 12.3 Å². The number of benzene rings is 1. The van der Waals surface area contributed by atoms with Crippen LogP contribution in [0.2, 0.25) is 0 Å². The Balaban J connectivity index is 0.702. The normalized spacial score (nSPS) is 21.4. The van der Waals surface area contributed by atoms with Crippen LogP contribution in [0, 0.1) is 11.8 Å². The Labute approximate surface area is 363 Å². The van der Waals surface area contributed by atoms with Gasteiger partial charge in [-0.15, -0.1) is 0 Å². The Morgan fingerprint density at radius 3 is 2.52 bits per heavy atom. The molecule has 4 aromatic heterocycles. The largest absolute Gasteiger partial charge is 0.444 e. The molecule has 0 radical (unpaired) electrons. The van der Waals surface area contributed by atoms with Crippen molar-refractivity contribution in [1.29, 1.82) is 0 Å². The van der Waals surface area contributed by atoms with E-state index >= 15 is 0 Å². The first-order valence-corrected chi connectivity index (χ1v) is 22.5. The highest BCUT2D eigenvalue weighted by atomic mass is 19.3. The molecule has 1 aromatic carbocycles. The van der Waals surface area contributed by atoms with E-state index in [2.05, 4.69) is 30.6 Å². The predicted octanol–water partition coefficient (Wildman–Crippen LogP) is 6.94. The van der Waals surface area contributed by atoms with Gasteiger partial charge in [-0.1, -0.05) is 18.9 Å². The van der Waals surface area contributed by atoms with Gasteiger partial charge < -0.3 is 19.4 Å². The number of aryl methyl sites for hydroxylation is 3. The van der Waals surface area contributed by atoms with Crippen molar-refractivity contribution in [1.82, 2.24) is 39.1 Å². The number of halogens is 2. The number of carbonyl (C=O) groups is 3. The van der Waals surface area contributed by atoms with E-state index in [9.17, 15) is 28.0 Å². The number of carbonyl (C=O) groups excluding carboxylic acids is 3. The lowest BCUT2D eigenvalue weighted by Crippen LogP contribution is -2.44. The summed E-state index contributed by atoms with van der Waals surface area (Å²) in [7, 11) is 1.71. The van der Waals surface area contributed by atoms with E-state index in [0.717, 1.165) is 107 Å². The molecule has 5 aromatic rings. The molecule has 2 N–H and O–H groups in total. The number of amides is 3. The van der Waals surface area contributed by atoms with Crippen LogP contribution < -0.4 is 16.3 Å². The molecule has 334 valence electrons. The number of oxazole rings is 1. The van der Waals surface area contributed by atoms with Crippen molar-refractivity contribution in [3.63, 3.8) is 0 Å². The van der Waals surface area contributed by atoms with E-state index in [1.165, 1.54) is 29.9 Å². The van der Waals surface area contributed by atoms with Crippen LogP contribution in [0.4, 0.5) is 14.5 Å². The van der Waals surface area contributed by atoms with Gasteiger partial charge in [-0.2, -0.15) is 5.10 Å². The minimum atomic E-state index is -2.86. The van der Waals surface area contributed by atoms with Gasteiger partial charge in [0.2, 0.25) is 17.7 Å². The molecule has 0 bridgehead atoms. The van der Waals surface area contributed by atoms with Crippen molar-refractivity contribution in [2.24, 2.45) is 18.9 Å². The van der Waals surface area contributed by atoms with Crippen LogP contribution in [0.25, 0.3) is 22.5 Å². The lowest BCUT2D eigenvalue weighted by atomic mass is 9.85. The van der Waals surface area contributed by atoms with Gasteiger partial charge in [0.25, 0.3) is 12.3 Å². The molecule has 2 aliphatic heterocycles. The summed E-state index contributed by atoms with van der Waals surface area (Å²) < 4.78 is 44.9. The molecule has 1 atom stereocenters. The Kier molecular flexibility index (Phi) is 12.7. The summed E-state index contributed by atoms with van der Waals surface area (Å²) in [5, 5.41) is 9.22. The molecular weight excluding hydrogens is 813 g/mol. The standard InChI is InChI=1S/C46H55F2N9O6/c1-54-39-23-29(9-13-37(39)57(46(54)61)38-14-15-40(58)52-44(38)60)3-2-22-62-34-17-20-55(21-18-34)25-30-7-11-33(12-8-30)56-26-35(41(53-56)42(47)48)50-43(59)36-27-63-45(51-36)31-16-19-49-32(24-31)10-6-28-4-5-28/h9,13,16,19,23-24,26-28,30,33-34,38,42H,2-8,10-12,14-15,17-18,20-22,25H2,1H3,(H,50,59)(H,52,58,60). The third kappa shape index (κ3) is 9.83. The first-order chi connectivity index (χ1) is 30.6. The summed E-state index contributed by atoms with van der Waals surface area (Å²) in [6.07, 6.45) is 14.0. The number of anilines is 1. The predicted molar refractivity (Wildman–Crippen MR) is 229 cm³/mol. The first kappa shape index (κ1) is 42.7. The number of ether oxygens (including phenoxy) is 1. The molecule has 6 heterocycles. The van der Waals surface area contributed by atoms with E-state index in [0.29, 0.717) is 30.0 Å². The summed E-state index contributed by atoms with van der Waals surface area (Å²) in [6, 6.07) is 8.84. The number of nitrogens with zero attached hydrogens (tertiary/aromatic N) is 7. The van der Waals surface area contributed by atoms with Crippen molar-refractivity contribution in [3.05, 3.63) is 82.1 Å². The molecule has 17 heteroatoms. The van der Waals surface area contributed by atoms with E-state index < -0.39 is 30.0 Å².